The van der Waals surface area contributed by atoms with Crippen molar-refractivity contribution in [2.45, 2.75) is 40.5 Å². The Bertz CT molecular complexity index is 773. The Morgan fingerprint density at radius 2 is 1.09 bits per heavy atom. The second kappa shape index (κ2) is 15.7. The molecule has 0 aliphatic rings. The second-order valence-corrected chi connectivity index (χ2v) is 9.26. The zero-order valence-electron chi connectivity index (χ0n) is 19.5. The molecule has 0 aliphatic heterocycles. The summed E-state index contributed by atoms with van der Waals surface area (Å²) < 4.78 is 0. The van der Waals surface area contributed by atoms with E-state index < -0.39 is 11.9 Å². The Kier molecular flexibility index (Phi) is 14.7. The highest BCUT2D eigenvalue weighted by Gasteiger charge is 2.32. The number of carbonyl (C=O) groups is 2. The molecule has 0 fully saturated rings. The van der Waals surface area contributed by atoms with Crippen LogP contribution in [0, 0.1) is 17.3 Å². The standard InChI is InChI=1S/C11H24O2.2C7H5ClO2/c1-9(2)5-6-11(7-12,8-13)10(3)4;2*8-6-3-1-5(2-4-6)7(9)10/h9-10,12-13H,5-8H2,1-4H3;2*1-4H,(H,9,10). The van der Waals surface area contributed by atoms with E-state index in [4.69, 9.17) is 33.4 Å². The summed E-state index contributed by atoms with van der Waals surface area (Å²) in [7, 11) is 0. The Hall–Kier alpha value is -2.12. The van der Waals surface area contributed by atoms with Crippen molar-refractivity contribution < 1.29 is 30.0 Å². The fourth-order valence-corrected chi connectivity index (χ4v) is 2.87. The van der Waals surface area contributed by atoms with Gasteiger partial charge in [-0.2, -0.15) is 0 Å². The van der Waals surface area contributed by atoms with Crippen LogP contribution in [-0.4, -0.2) is 45.6 Å². The summed E-state index contributed by atoms with van der Waals surface area (Å²) in [6, 6.07) is 12.0. The highest BCUT2D eigenvalue weighted by Crippen LogP contribution is 2.33. The summed E-state index contributed by atoms with van der Waals surface area (Å²) in [5, 5.41) is 36.6. The van der Waals surface area contributed by atoms with Gasteiger partial charge in [0.15, 0.2) is 0 Å². The quantitative estimate of drug-likeness (QED) is 0.346. The van der Waals surface area contributed by atoms with Gasteiger partial charge in [-0.05, 0) is 66.8 Å². The zero-order valence-corrected chi connectivity index (χ0v) is 21.0. The van der Waals surface area contributed by atoms with Crippen LogP contribution < -0.4 is 0 Å². The van der Waals surface area contributed by atoms with Crippen molar-refractivity contribution in [2.24, 2.45) is 17.3 Å². The summed E-state index contributed by atoms with van der Waals surface area (Å²) in [6.45, 7) is 8.64. The fourth-order valence-electron chi connectivity index (χ4n) is 2.62. The highest BCUT2D eigenvalue weighted by atomic mass is 35.5. The molecule has 8 heteroatoms. The molecule has 0 atom stereocenters. The van der Waals surface area contributed by atoms with E-state index in [-0.39, 0.29) is 29.8 Å². The lowest BCUT2D eigenvalue weighted by Crippen LogP contribution is -2.35. The van der Waals surface area contributed by atoms with Crippen LogP contribution in [0.15, 0.2) is 48.5 Å². The van der Waals surface area contributed by atoms with Gasteiger partial charge in [0, 0.05) is 15.5 Å². The molecule has 0 aromatic heterocycles. The van der Waals surface area contributed by atoms with Crippen molar-refractivity contribution in [1.82, 2.24) is 0 Å². The molecule has 0 saturated carbocycles. The molecule has 2 aromatic rings. The monoisotopic (exact) mass is 500 g/mol. The average Bonchev–Trinajstić information content (AvgIpc) is 2.76. The molecule has 4 N–H and O–H groups in total. The third kappa shape index (κ3) is 12.1. The molecule has 0 radical (unpaired) electrons. The molecule has 0 bridgehead atoms. The lowest BCUT2D eigenvalue weighted by molar-refractivity contribution is 0.00497. The Labute approximate surface area is 205 Å². The van der Waals surface area contributed by atoms with Crippen molar-refractivity contribution in [1.29, 1.82) is 0 Å². The number of carboxylic acid groups (broad SMARTS) is 2. The van der Waals surface area contributed by atoms with Crippen LogP contribution in [0.4, 0.5) is 0 Å². The molecular formula is C25H34Cl2O6. The largest absolute Gasteiger partial charge is 0.478 e. The molecule has 0 amide bonds. The number of halogens is 2. The molecule has 0 unspecified atom stereocenters. The number of hydrogen-bond donors (Lipinski definition) is 4. The number of aliphatic hydroxyl groups is 2. The molecule has 33 heavy (non-hydrogen) atoms. The number of benzene rings is 2. The van der Waals surface area contributed by atoms with E-state index in [9.17, 15) is 19.8 Å². The summed E-state index contributed by atoms with van der Waals surface area (Å²) in [5.74, 6) is -0.897. The van der Waals surface area contributed by atoms with Crippen LogP contribution in [0.2, 0.25) is 10.0 Å². The first-order chi connectivity index (χ1) is 15.4. The van der Waals surface area contributed by atoms with Gasteiger partial charge in [0.05, 0.1) is 24.3 Å². The van der Waals surface area contributed by atoms with E-state index in [1.807, 2.05) is 0 Å². The summed E-state index contributed by atoms with van der Waals surface area (Å²) in [4.78, 5) is 20.5. The number of rotatable bonds is 8. The third-order valence-corrected chi connectivity index (χ3v) is 5.76. The first-order valence-corrected chi connectivity index (χ1v) is 11.3. The molecule has 2 rings (SSSR count). The van der Waals surface area contributed by atoms with E-state index in [0.29, 0.717) is 21.9 Å². The van der Waals surface area contributed by atoms with Crippen molar-refractivity contribution in [3.05, 3.63) is 69.7 Å². The van der Waals surface area contributed by atoms with Gasteiger partial charge in [0.25, 0.3) is 0 Å². The molecule has 6 nitrogen and oxygen atoms in total. The zero-order chi connectivity index (χ0) is 25.6. The van der Waals surface area contributed by atoms with Crippen LogP contribution in [-0.2, 0) is 0 Å². The minimum atomic E-state index is -0.934. The van der Waals surface area contributed by atoms with Gasteiger partial charge in [-0.25, -0.2) is 9.59 Å². The van der Waals surface area contributed by atoms with Gasteiger partial charge >= 0.3 is 11.9 Å². The lowest BCUT2D eigenvalue weighted by Gasteiger charge is -2.34. The van der Waals surface area contributed by atoms with Crippen LogP contribution in [0.3, 0.4) is 0 Å². The minimum absolute atomic E-state index is 0.0912. The molecule has 0 spiro atoms. The van der Waals surface area contributed by atoms with Gasteiger partial charge in [0.2, 0.25) is 0 Å². The second-order valence-electron chi connectivity index (χ2n) is 8.39. The lowest BCUT2D eigenvalue weighted by atomic mass is 9.74. The molecular weight excluding hydrogens is 467 g/mol. The maximum absolute atomic E-state index is 10.3. The molecule has 184 valence electrons. The van der Waals surface area contributed by atoms with E-state index in [1.165, 1.54) is 24.3 Å². The average molecular weight is 501 g/mol. The van der Waals surface area contributed by atoms with Crippen LogP contribution in [0.25, 0.3) is 0 Å². The van der Waals surface area contributed by atoms with Crippen LogP contribution in [0.1, 0.15) is 61.3 Å². The molecule has 0 heterocycles. The fraction of sp³-hybridized carbons (Fsp3) is 0.440. The third-order valence-electron chi connectivity index (χ3n) is 5.26. The van der Waals surface area contributed by atoms with Gasteiger partial charge in [0.1, 0.15) is 0 Å². The van der Waals surface area contributed by atoms with E-state index >= 15 is 0 Å². The van der Waals surface area contributed by atoms with Crippen LogP contribution >= 0.6 is 23.2 Å². The van der Waals surface area contributed by atoms with E-state index in [0.717, 1.165) is 12.8 Å². The normalized spacial score (nSPS) is 10.7. The predicted molar refractivity (Wildman–Crippen MR) is 132 cm³/mol. The number of aliphatic hydroxyl groups excluding tert-OH is 2. The Morgan fingerprint density at radius 3 is 1.30 bits per heavy atom. The molecule has 2 aromatic carbocycles. The number of carboxylic acids is 2. The van der Waals surface area contributed by atoms with Gasteiger partial charge in [-0.1, -0.05) is 57.3 Å². The summed E-state index contributed by atoms with van der Waals surface area (Å²) >= 11 is 11.0. The number of aromatic carboxylic acids is 2. The predicted octanol–water partition coefficient (Wildman–Crippen LogP) is 6.13. The minimum Gasteiger partial charge on any atom is -0.478 e. The van der Waals surface area contributed by atoms with Crippen molar-refractivity contribution in [2.75, 3.05) is 13.2 Å². The van der Waals surface area contributed by atoms with E-state index in [2.05, 4.69) is 27.7 Å². The Morgan fingerprint density at radius 1 is 0.758 bits per heavy atom. The summed E-state index contributed by atoms with van der Waals surface area (Å²) in [6.07, 6.45) is 1.98. The highest BCUT2D eigenvalue weighted by molar-refractivity contribution is 6.30. The summed E-state index contributed by atoms with van der Waals surface area (Å²) in [5.41, 5.74) is 0.235. The van der Waals surface area contributed by atoms with Crippen molar-refractivity contribution >= 4 is 35.1 Å². The number of hydrogen-bond acceptors (Lipinski definition) is 4. The van der Waals surface area contributed by atoms with Gasteiger partial charge in [-0.15, -0.1) is 0 Å². The van der Waals surface area contributed by atoms with Crippen LogP contribution in [0.5, 0.6) is 0 Å². The van der Waals surface area contributed by atoms with Crippen molar-refractivity contribution in [3.63, 3.8) is 0 Å². The Balaban J connectivity index is 0.000000470. The smallest absolute Gasteiger partial charge is 0.335 e. The SMILES string of the molecule is CC(C)CCC(CO)(CO)C(C)C.O=C(O)c1ccc(Cl)cc1.O=C(O)c1ccc(Cl)cc1. The molecule has 0 saturated heterocycles. The van der Waals surface area contributed by atoms with E-state index in [1.54, 1.807) is 24.3 Å². The first-order valence-electron chi connectivity index (χ1n) is 10.6. The van der Waals surface area contributed by atoms with Gasteiger partial charge in [-0.3, -0.25) is 0 Å². The molecule has 0 aliphatic carbocycles. The van der Waals surface area contributed by atoms with Crippen molar-refractivity contribution in [3.8, 4) is 0 Å². The first kappa shape index (κ1) is 30.9. The van der Waals surface area contributed by atoms with Gasteiger partial charge < -0.3 is 20.4 Å². The maximum Gasteiger partial charge on any atom is 0.335 e. The topological polar surface area (TPSA) is 115 Å². The maximum atomic E-state index is 10.3.